The van der Waals surface area contributed by atoms with E-state index >= 15 is 0 Å². The van der Waals surface area contributed by atoms with Gasteiger partial charge in [0, 0.05) is 11.1 Å². The maximum absolute atomic E-state index is 10.9. The zero-order chi connectivity index (χ0) is 16.6. The molecule has 23 heavy (non-hydrogen) atoms. The number of carbonyl (C=O) groups is 1. The first-order valence-corrected chi connectivity index (χ1v) is 8.70. The molecular formula is C19H21NO2S. The molecule has 1 aromatic carbocycles. The predicted molar refractivity (Wildman–Crippen MR) is 92.5 cm³/mol. The summed E-state index contributed by atoms with van der Waals surface area (Å²) in [5, 5.41) is 9.78. The molecule has 0 unspecified atom stereocenters. The Balaban J connectivity index is 1.92. The zero-order valence-corrected chi connectivity index (χ0v) is 14.5. The van der Waals surface area contributed by atoms with Crippen molar-refractivity contribution >= 4 is 17.7 Å². The molecule has 3 nitrogen and oxygen atoms in total. The lowest BCUT2D eigenvalue weighted by Gasteiger charge is -2.33. The molecule has 4 heteroatoms. The molecule has 1 aliphatic carbocycles. The van der Waals surface area contributed by atoms with Crippen molar-refractivity contribution in [3.63, 3.8) is 0 Å². The molecule has 3 rings (SSSR count). The van der Waals surface area contributed by atoms with Crippen LogP contribution in [0.2, 0.25) is 0 Å². The standard InChI is InChI=1S/C19H21NO2S/c1-12-9-13-5-4-8-19(2,3)15(13)10-16(12)23-17-7-6-14(11-20-17)18(21)22/h6-7,9-11H,4-5,8H2,1-3H3,(H,21,22). The second-order valence-electron chi connectivity index (χ2n) is 6.80. The van der Waals surface area contributed by atoms with Crippen LogP contribution in [0.15, 0.2) is 40.4 Å². The fraction of sp³-hybridized carbons (Fsp3) is 0.368. The average molecular weight is 327 g/mol. The molecule has 1 N–H and O–H groups in total. The van der Waals surface area contributed by atoms with Gasteiger partial charge in [-0.3, -0.25) is 0 Å². The minimum absolute atomic E-state index is 0.219. The van der Waals surface area contributed by atoms with E-state index in [1.807, 2.05) is 0 Å². The third-order valence-corrected chi connectivity index (χ3v) is 5.69. The average Bonchev–Trinajstić information content (AvgIpc) is 2.49. The van der Waals surface area contributed by atoms with Gasteiger partial charge in [0.1, 0.15) is 5.03 Å². The molecule has 0 atom stereocenters. The van der Waals surface area contributed by atoms with Gasteiger partial charge in [0.15, 0.2) is 0 Å². The monoisotopic (exact) mass is 327 g/mol. The van der Waals surface area contributed by atoms with Gasteiger partial charge in [-0.25, -0.2) is 9.78 Å². The van der Waals surface area contributed by atoms with E-state index in [0.717, 1.165) is 11.4 Å². The molecule has 2 aromatic rings. The minimum atomic E-state index is -0.944. The number of carboxylic acid groups (broad SMARTS) is 1. The Morgan fingerprint density at radius 1 is 1.30 bits per heavy atom. The van der Waals surface area contributed by atoms with E-state index in [9.17, 15) is 4.79 Å². The van der Waals surface area contributed by atoms with Gasteiger partial charge < -0.3 is 5.11 Å². The molecule has 1 aliphatic rings. The number of rotatable bonds is 3. The first kappa shape index (κ1) is 16.1. The molecule has 120 valence electrons. The van der Waals surface area contributed by atoms with Gasteiger partial charge in [-0.1, -0.05) is 31.7 Å². The number of hydrogen-bond acceptors (Lipinski definition) is 3. The molecule has 0 fully saturated rings. The van der Waals surface area contributed by atoms with E-state index < -0.39 is 5.97 Å². The summed E-state index contributed by atoms with van der Waals surface area (Å²) in [4.78, 5) is 16.4. The Morgan fingerprint density at radius 3 is 2.74 bits per heavy atom. The van der Waals surface area contributed by atoms with Crippen molar-refractivity contribution in [3.05, 3.63) is 52.7 Å². The molecule has 0 amide bonds. The number of aromatic nitrogens is 1. The molecule has 1 aromatic heterocycles. The second-order valence-corrected chi connectivity index (χ2v) is 7.87. The highest BCUT2D eigenvalue weighted by Gasteiger charge is 2.28. The largest absolute Gasteiger partial charge is 0.478 e. The fourth-order valence-corrected chi connectivity index (χ4v) is 4.09. The van der Waals surface area contributed by atoms with Crippen LogP contribution in [0.4, 0.5) is 0 Å². The van der Waals surface area contributed by atoms with Crippen molar-refractivity contribution in [2.45, 2.75) is 55.4 Å². The number of aryl methyl sites for hydroxylation is 2. The Hall–Kier alpha value is -1.81. The highest BCUT2D eigenvalue weighted by molar-refractivity contribution is 7.99. The molecule has 0 radical (unpaired) electrons. The molecule has 0 bridgehead atoms. The third-order valence-electron chi connectivity index (χ3n) is 4.58. The number of benzene rings is 1. The van der Waals surface area contributed by atoms with Crippen molar-refractivity contribution in [1.29, 1.82) is 0 Å². The lowest BCUT2D eigenvalue weighted by molar-refractivity contribution is 0.0696. The van der Waals surface area contributed by atoms with Gasteiger partial charge in [-0.2, -0.15) is 0 Å². The fourth-order valence-electron chi connectivity index (χ4n) is 3.23. The Morgan fingerprint density at radius 2 is 2.09 bits per heavy atom. The summed E-state index contributed by atoms with van der Waals surface area (Å²) in [5.41, 5.74) is 4.61. The van der Waals surface area contributed by atoms with Crippen LogP contribution in [0.3, 0.4) is 0 Å². The number of nitrogens with zero attached hydrogens (tertiary/aromatic N) is 1. The number of hydrogen-bond donors (Lipinski definition) is 1. The summed E-state index contributed by atoms with van der Waals surface area (Å²) in [7, 11) is 0. The summed E-state index contributed by atoms with van der Waals surface area (Å²) in [6.07, 6.45) is 5.06. The third kappa shape index (κ3) is 3.27. The normalized spacial score (nSPS) is 16.0. The molecular weight excluding hydrogens is 306 g/mol. The Bertz CT molecular complexity index is 751. The summed E-state index contributed by atoms with van der Waals surface area (Å²) in [6.45, 7) is 6.76. The van der Waals surface area contributed by atoms with E-state index in [1.165, 1.54) is 40.6 Å². The van der Waals surface area contributed by atoms with Gasteiger partial charge >= 0.3 is 5.97 Å². The van der Waals surface area contributed by atoms with Crippen molar-refractivity contribution in [1.82, 2.24) is 4.98 Å². The van der Waals surface area contributed by atoms with Crippen molar-refractivity contribution in [3.8, 4) is 0 Å². The van der Waals surface area contributed by atoms with E-state index in [4.69, 9.17) is 5.11 Å². The highest BCUT2D eigenvalue weighted by atomic mass is 32.2. The smallest absolute Gasteiger partial charge is 0.337 e. The summed E-state index contributed by atoms with van der Waals surface area (Å²) < 4.78 is 0. The Labute approximate surface area is 141 Å². The predicted octanol–water partition coefficient (Wildman–Crippen LogP) is 4.85. The summed E-state index contributed by atoms with van der Waals surface area (Å²) in [5.74, 6) is -0.944. The van der Waals surface area contributed by atoms with Crippen LogP contribution < -0.4 is 0 Å². The van der Waals surface area contributed by atoms with Crippen LogP contribution in [-0.4, -0.2) is 16.1 Å². The Kier molecular flexibility index (Phi) is 4.19. The minimum Gasteiger partial charge on any atom is -0.478 e. The molecule has 0 saturated carbocycles. The van der Waals surface area contributed by atoms with Crippen LogP contribution in [0.25, 0.3) is 0 Å². The quantitative estimate of drug-likeness (QED) is 0.875. The molecule has 0 aliphatic heterocycles. The number of carboxylic acids is 1. The van der Waals surface area contributed by atoms with Gasteiger partial charge in [-0.05, 0) is 66.5 Å². The van der Waals surface area contributed by atoms with Crippen LogP contribution in [0.5, 0.6) is 0 Å². The van der Waals surface area contributed by atoms with Crippen LogP contribution in [0, 0.1) is 6.92 Å². The lowest BCUT2D eigenvalue weighted by Crippen LogP contribution is -2.24. The molecule has 0 spiro atoms. The molecule has 1 heterocycles. The maximum atomic E-state index is 10.9. The first-order valence-electron chi connectivity index (χ1n) is 7.88. The number of pyridine rings is 1. The number of aromatic carboxylic acids is 1. The van der Waals surface area contributed by atoms with Crippen molar-refractivity contribution in [2.24, 2.45) is 0 Å². The van der Waals surface area contributed by atoms with Crippen LogP contribution in [-0.2, 0) is 11.8 Å². The van der Waals surface area contributed by atoms with E-state index in [2.05, 4.69) is 37.9 Å². The van der Waals surface area contributed by atoms with E-state index in [0.29, 0.717) is 0 Å². The van der Waals surface area contributed by atoms with Crippen LogP contribution >= 0.6 is 11.8 Å². The highest BCUT2D eigenvalue weighted by Crippen LogP contribution is 2.41. The van der Waals surface area contributed by atoms with E-state index in [-0.39, 0.29) is 11.0 Å². The zero-order valence-electron chi connectivity index (χ0n) is 13.7. The van der Waals surface area contributed by atoms with Gasteiger partial charge in [-0.15, -0.1) is 0 Å². The van der Waals surface area contributed by atoms with E-state index in [1.54, 1.807) is 23.9 Å². The second kappa shape index (κ2) is 6.00. The lowest BCUT2D eigenvalue weighted by atomic mass is 9.72. The van der Waals surface area contributed by atoms with Crippen molar-refractivity contribution < 1.29 is 9.90 Å². The topological polar surface area (TPSA) is 50.2 Å². The molecule has 0 saturated heterocycles. The van der Waals surface area contributed by atoms with Gasteiger partial charge in [0.2, 0.25) is 0 Å². The summed E-state index contributed by atoms with van der Waals surface area (Å²) in [6, 6.07) is 8.00. The number of fused-ring (bicyclic) bond motifs is 1. The summed E-state index contributed by atoms with van der Waals surface area (Å²) >= 11 is 1.60. The van der Waals surface area contributed by atoms with Crippen LogP contribution in [0.1, 0.15) is 53.7 Å². The van der Waals surface area contributed by atoms with Gasteiger partial charge in [0.05, 0.1) is 5.56 Å². The SMILES string of the molecule is Cc1cc2c(cc1Sc1ccc(C(=O)O)cn1)C(C)(C)CCC2. The first-order chi connectivity index (χ1) is 10.9. The van der Waals surface area contributed by atoms with Crippen molar-refractivity contribution in [2.75, 3.05) is 0 Å². The maximum Gasteiger partial charge on any atom is 0.337 e. The van der Waals surface area contributed by atoms with Gasteiger partial charge in [0.25, 0.3) is 0 Å².